The smallest absolute Gasteiger partial charge is 0.416 e. The summed E-state index contributed by atoms with van der Waals surface area (Å²) in [6.45, 7) is 5.26. The highest BCUT2D eigenvalue weighted by Crippen LogP contribution is 2.30. The lowest BCUT2D eigenvalue weighted by Crippen LogP contribution is -2.09. The summed E-state index contributed by atoms with van der Waals surface area (Å²) in [6, 6.07) is 12.6. The number of halogens is 3. The van der Waals surface area contributed by atoms with Crippen LogP contribution in [-0.2, 0) is 23.9 Å². The molecule has 0 amide bonds. The molecule has 3 rings (SSSR count). The molecule has 2 aromatic carbocycles. The van der Waals surface area contributed by atoms with Gasteiger partial charge in [0.25, 0.3) is 0 Å². The SMILES string of the molecule is CCOCCc1nc(-c2ccc(C(F)(F)F)cc2)ncc1COc1cccc(C)c1. The van der Waals surface area contributed by atoms with Crippen LogP contribution in [0.4, 0.5) is 13.2 Å². The van der Waals surface area contributed by atoms with E-state index in [9.17, 15) is 13.2 Å². The number of rotatable bonds is 8. The number of aryl methyl sites for hydroxylation is 1. The highest BCUT2D eigenvalue weighted by Gasteiger charge is 2.30. The zero-order valence-corrected chi connectivity index (χ0v) is 16.9. The molecule has 0 N–H and O–H groups in total. The maximum atomic E-state index is 12.8. The van der Waals surface area contributed by atoms with Crippen LogP contribution >= 0.6 is 0 Å². The van der Waals surface area contributed by atoms with Gasteiger partial charge in [0.15, 0.2) is 5.82 Å². The molecule has 4 nitrogen and oxygen atoms in total. The van der Waals surface area contributed by atoms with Gasteiger partial charge in [0.05, 0.1) is 17.9 Å². The van der Waals surface area contributed by atoms with Crippen LogP contribution in [0.5, 0.6) is 5.75 Å². The molecule has 1 aromatic heterocycles. The molecule has 0 unspecified atom stereocenters. The summed E-state index contributed by atoms with van der Waals surface area (Å²) in [5, 5.41) is 0. The van der Waals surface area contributed by atoms with E-state index in [0.29, 0.717) is 31.0 Å². The summed E-state index contributed by atoms with van der Waals surface area (Å²) < 4.78 is 49.7. The van der Waals surface area contributed by atoms with Gasteiger partial charge in [-0.15, -0.1) is 0 Å². The molecule has 0 aliphatic carbocycles. The van der Waals surface area contributed by atoms with Crippen LogP contribution in [0.25, 0.3) is 11.4 Å². The van der Waals surface area contributed by atoms with Crippen molar-refractivity contribution in [2.75, 3.05) is 13.2 Å². The predicted molar refractivity (Wildman–Crippen MR) is 108 cm³/mol. The molecule has 0 bridgehead atoms. The van der Waals surface area contributed by atoms with Gasteiger partial charge in [-0.3, -0.25) is 0 Å². The topological polar surface area (TPSA) is 44.2 Å². The molecule has 0 atom stereocenters. The number of hydrogen-bond acceptors (Lipinski definition) is 4. The van der Waals surface area contributed by atoms with Crippen molar-refractivity contribution >= 4 is 0 Å². The van der Waals surface area contributed by atoms with E-state index < -0.39 is 11.7 Å². The van der Waals surface area contributed by atoms with Gasteiger partial charge in [-0.1, -0.05) is 24.3 Å². The standard InChI is InChI=1S/C23H23F3N2O2/c1-3-29-12-11-21-18(15-30-20-6-4-5-16(2)13-20)14-27-22(28-21)17-7-9-19(10-8-17)23(24,25)26/h4-10,13-14H,3,11-12,15H2,1-2H3. The first-order valence-electron chi connectivity index (χ1n) is 9.66. The van der Waals surface area contributed by atoms with Crippen molar-refractivity contribution < 1.29 is 22.6 Å². The van der Waals surface area contributed by atoms with Crippen LogP contribution < -0.4 is 4.74 Å². The van der Waals surface area contributed by atoms with Gasteiger partial charge in [0.1, 0.15) is 12.4 Å². The minimum absolute atomic E-state index is 0.290. The molecule has 0 saturated carbocycles. The van der Waals surface area contributed by atoms with Crippen LogP contribution in [0, 0.1) is 6.92 Å². The molecular weight excluding hydrogens is 393 g/mol. The Morgan fingerprint density at radius 3 is 2.47 bits per heavy atom. The zero-order chi connectivity index (χ0) is 21.6. The Hall–Kier alpha value is -2.93. The second-order valence-corrected chi connectivity index (χ2v) is 6.79. The molecule has 0 spiro atoms. The average Bonchev–Trinajstić information content (AvgIpc) is 2.72. The lowest BCUT2D eigenvalue weighted by molar-refractivity contribution is -0.137. The van der Waals surface area contributed by atoms with Gasteiger partial charge >= 0.3 is 6.18 Å². The molecule has 0 saturated heterocycles. The number of hydrogen-bond donors (Lipinski definition) is 0. The molecular formula is C23H23F3N2O2. The van der Waals surface area contributed by atoms with Crippen molar-refractivity contribution in [2.45, 2.75) is 33.1 Å². The third-order valence-corrected chi connectivity index (χ3v) is 4.50. The Bertz CT molecular complexity index is 973. The minimum Gasteiger partial charge on any atom is -0.489 e. The van der Waals surface area contributed by atoms with Gasteiger partial charge in [0, 0.05) is 30.4 Å². The summed E-state index contributed by atoms with van der Waals surface area (Å²) in [4.78, 5) is 8.93. The minimum atomic E-state index is -4.38. The molecule has 0 fully saturated rings. The fraction of sp³-hybridized carbons (Fsp3) is 0.304. The van der Waals surface area contributed by atoms with E-state index in [-0.39, 0.29) is 6.61 Å². The molecule has 0 aliphatic heterocycles. The van der Waals surface area contributed by atoms with Crippen molar-refractivity contribution in [1.82, 2.24) is 9.97 Å². The Labute approximate surface area is 173 Å². The van der Waals surface area contributed by atoms with E-state index in [1.807, 2.05) is 38.1 Å². The number of ether oxygens (including phenoxy) is 2. The first kappa shape index (κ1) is 21.8. The second-order valence-electron chi connectivity index (χ2n) is 6.79. The van der Waals surface area contributed by atoms with Crippen molar-refractivity contribution in [3.63, 3.8) is 0 Å². The van der Waals surface area contributed by atoms with Gasteiger partial charge in [-0.05, 0) is 43.7 Å². The summed E-state index contributed by atoms with van der Waals surface area (Å²) in [6.07, 6.45) is -2.16. The predicted octanol–water partition coefficient (Wildman–Crippen LogP) is 5.63. The van der Waals surface area contributed by atoms with Gasteiger partial charge < -0.3 is 9.47 Å². The van der Waals surface area contributed by atoms with E-state index >= 15 is 0 Å². The van der Waals surface area contributed by atoms with E-state index in [1.165, 1.54) is 12.1 Å². The average molecular weight is 416 g/mol. The monoisotopic (exact) mass is 416 g/mol. The van der Waals surface area contributed by atoms with E-state index in [1.54, 1.807) is 6.20 Å². The molecule has 7 heteroatoms. The van der Waals surface area contributed by atoms with Crippen LogP contribution in [0.1, 0.15) is 29.3 Å². The number of nitrogens with zero attached hydrogens (tertiary/aromatic N) is 2. The van der Waals surface area contributed by atoms with Crippen LogP contribution in [0.2, 0.25) is 0 Å². The third-order valence-electron chi connectivity index (χ3n) is 4.50. The molecule has 30 heavy (non-hydrogen) atoms. The summed E-state index contributed by atoms with van der Waals surface area (Å²) in [7, 11) is 0. The van der Waals surface area contributed by atoms with E-state index in [4.69, 9.17) is 9.47 Å². The van der Waals surface area contributed by atoms with Crippen LogP contribution in [0.3, 0.4) is 0 Å². The first-order valence-corrected chi connectivity index (χ1v) is 9.66. The van der Waals surface area contributed by atoms with Gasteiger partial charge in [-0.25, -0.2) is 9.97 Å². The van der Waals surface area contributed by atoms with Crippen molar-refractivity contribution in [3.05, 3.63) is 77.1 Å². The Morgan fingerprint density at radius 1 is 1.03 bits per heavy atom. The Morgan fingerprint density at radius 2 is 1.80 bits per heavy atom. The molecule has 0 aliphatic rings. The van der Waals surface area contributed by atoms with Gasteiger partial charge in [-0.2, -0.15) is 13.2 Å². The van der Waals surface area contributed by atoms with Crippen LogP contribution in [0.15, 0.2) is 54.7 Å². The van der Waals surface area contributed by atoms with Crippen molar-refractivity contribution in [2.24, 2.45) is 0 Å². The fourth-order valence-electron chi connectivity index (χ4n) is 2.91. The molecule has 0 radical (unpaired) electrons. The summed E-state index contributed by atoms with van der Waals surface area (Å²) in [5.74, 6) is 1.12. The number of aromatic nitrogens is 2. The maximum Gasteiger partial charge on any atom is 0.416 e. The summed E-state index contributed by atoms with van der Waals surface area (Å²) in [5.41, 5.74) is 2.48. The van der Waals surface area contributed by atoms with Gasteiger partial charge in [0.2, 0.25) is 0 Å². The van der Waals surface area contributed by atoms with E-state index in [0.717, 1.165) is 34.7 Å². The van der Waals surface area contributed by atoms with E-state index in [2.05, 4.69) is 9.97 Å². The maximum absolute atomic E-state index is 12.8. The lowest BCUT2D eigenvalue weighted by atomic mass is 10.1. The molecule has 1 heterocycles. The third kappa shape index (κ3) is 5.79. The Balaban J connectivity index is 1.82. The first-order chi connectivity index (χ1) is 14.4. The fourth-order valence-corrected chi connectivity index (χ4v) is 2.91. The molecule has 158 valence electrons. The normalized spacial score (nSPS) is 11.5. The quantitative estimate of drug-likeness (QED) is 0.447. The highest BCUT2D eigenvalue weighted by atomic mass is 19.4. The van der Waals surface area contributed by atoms with Crippen LogP contribution in [-0.4, -0.2) is 23.2 Å². The highest BCUT2D eigenvalue weighted by molar-refractivity contribution is 5.56. The zero-order valence-electron chi connectivity index (χ0n) is 16.9. The second kappa shape index (κ2) is 9.71. The lowest BCUT2D eigenvalue weighted by Gasteiger charge is -2.13. The Kier molecular flexibility index (Phi) is 7.05. The number of alkyl halides is 3. The van der Waals surface area contributed by atoms with Crippen molar-refractivity contribution in [3.8, 4) is 17.1 Å². The van der Waals surface area contributed by atoms with Crippen molar-refractivity contribution in [1.29, 1.82) is 0 Å². The number of benzene rings is 2. The summed E-state index contributed by atoms with van der Waals surface area (Å²) >= 11 is 0. The largest absolute Gasteiger partial charge is 0.489 e. The molecule has 3 aromatic rings.